The van der Waals surface area contributed by atoms with E-state index in [1.807, 2.05) is 12.1 Å². The van der Waals surface area contributed by atoms with E-state index in [4.69, 9.17) is 0 Å². The molecule has 3 aromatic carbocycles. The van der Waals surface area contributed by atoms with E-state index in [0.717, 1.165) is 14.7 Å². The Morgan fingerprint density at radius 2 is 1.26 bits per heavy atom. The highest BCUT2D eigenvalue weighted by Crippen LogP contribution is 2.32. The quantitative estimate of drug-likeness (QED) is 0.323. The van der Waals surface area contributed by atoms with Crippen molar-refractivity contribution >= 4 is 40.1 Å². The van der Waals surface area contributed by atoms with Gasteiger partial charge in [0.15, 0.2) is 0 Å². The van der Waals surface area contributed by atoms with Crippen molar-refractivity contribution in [3.63, 3.8) is 0 Å². The van der Waals surface area contributed by atoms with Crippen LogP contribution in [0.15, 0.2) is 72.8 Å². The standard InChI is InChI=1S/C27H24F2IN3O2/c28-20-5-1-18(2-6-20)26(19-3-7-21(29)8-4-19)32-15-13-31(14-16-32)24-17-25(34)33(27(24)35)23-11-9-22(30)10-12-23/h1-12,24,26H,13-17H2. The van der Waals surface area contributed by atoms with Gasteiger partial charge in [0.25, 0.3) is 5.91 Å². The normalized spacial score (nSPS) is 19.7. The van der Waals surface area contributed by atoms with Crippen molar-refractivity contribution in [2.75, 3.05) is 31.1 Å². The van der Waals surface area contributed by atoms with Gasteiger partial charge in [-0.05, 0) is 82.2 Å². The van der Waals surface area contributed by atoms with E-state index in [1.54, 1.807) is 36.4 Å². The molecule has 0 radical (unpaired) electrons. The third-order valence-corrected chi connectivity index (χ3v) is 7.45. The van der Waals surface area contributed by atoms with Gasteiger partial charge in [0.2, 0.25) is 5.91 Å². The fourth-order valence-corrected chi connectivity index (χ4v) is 5.33. The average Bonchev–Trinajstić information content (AvgIpc) is 3.16. The third kappa shape index (κ3) is 5.00. The second kappa shape index (κ2) is 10.1. The first-order chi connectivity index (χ1) is 16.9. The Hall–Kier alpha value is -2.69. The predicted octanol–water partition coefficient (Wildman–Crippen LogP) is 4.61. The molecule has 2 fully saturated rings. The summed E-state index contributed by atoms with van der Waals surface area (Å²) in [6, 6.07) is 19.5. The summed E-state index contributed by atoms with van der Waals surface area (Å²) in [7, 11) is 0. The maximum absolute atomic E-state index is 13.6. The molecule has 8 heteroatoms. The van der Waals surface area contributed by atoms with E-state index >= 15 is 0 Å². The summed E-state index contributed by atoms with van der Waals surface area (Å²) in [5.41, 5.74) is 2.45. The van der Waals surface area contributed by atoms with Crippen LogP contribution in [0, 0.1) is 15.2 Å². The first-order valence-corrected chi connectivity index (χ1v) is 12.6. The average molecular weight is 587 g/mol. The Morgan fingerprint density at radius 3 is 1.77 bits per heavy atom. The molecular weight excluding hydrogens is 563 g/mol. The number of nitrogens with zero attached hydrogens (tertiary/aromatic N) is 3. The fraction of sp³-hybridized carbons (Fsp3) is 0.259. The van der Waals surface area contributed by atoms with Crippen LogP contribution in [-0.2, 0) is 9.59 Å². The molecule has 0 aliphatic carbocycles. The number of halogens is 3. The fourth-order valence-electron chi connectivity index (χ4n) is 4.97. The summed E-state index contributed by atoms with van der Waals surface area (Å²) < 4.78 is 28.2. The SMILES string of the molecule is O=C1CC(N2CCN(C(c3ccc(F)cc3)c3ccc(F)cc3)CC2)C(=O)N1c1ccc(I)cc1. The maximum Gasteiger partial charge on any atom is 0.251 e. The number of hydrogen-bond acceptors (Lipinski definition) is 4. The van der Waals surface area contributed by atoms with Gasteiger partial charge < -0.3 is 0 Å². The Bertz CT molecular complexity index is 1170. The Balaban J connectivity index is 1.32. The van der Waals surface area contributed by atoms with Crippen molar-refractivity contribution in [2.24, 2.45) is 0 Å². The van der Waals surface area contributed by atoms with Gasteiger partial charge in [0.05, 0.1) is 24.2 Å². The summed E-state index contributed by atoms with van der Waals surface area (Å²) in [4.78, 5) is 31.6. The first kappa shape index (κ1) is 24.0. The van der Waals surface area contributed by atoms with E-state index in [1.165, 1.54) is 29.2 Å². The van der Waals surface area contributed by atoms with Crippen molar-refractivity contribution in [2.45, 2.75) is 18.5 Å². The number of amides is 2. The molecule has 0 saturated carbocycles. The minimum absolute atomic E-state index is 0.164. The van der Waals surface area contributed by atoms with E-state index in [2.05, 4.69) is 32.4 Å². The summed E-state index contributed by atoms with van der Waals surface area (Å²) in [5, 5.41) is 0. The van der Waals surface area contributed by atoms with Crippen molar-refractivity contribution in [3.8, 4) is 0 Å². The van der Waals surface area contributed by atoms with Crippen LogP contribution in [0.25, 0.3) is 0 Å². The molecule has 180 valence electrons. The van der Waals surface area contributed by atoms with Crippen molar-refractivity contribution in [3.05, 3.63) is 99.1 Å². The number of anilines is 1. The minimum Gasteiger partial charge on any atom is -0.290 e. The number of benzene rings is 3. The van der Waals surface area contributed by atoms with Crippen LogP contribution in [0.5, 0.6) is 0 Å². The first-order valence-electron chi connectivity index (χ1n) is 11.5. The molecule has 0 aromatic heterocycles. The number of imide groups is 1. The zero-order valence-corrected chi connectivity index (χ0v) is 21.1. The molecule has 0 bridgehead atoms. The monoisotopic (exact) mass is 587 g/mol. The number of hydrogen-bond donors (Lipinski definition) is 0. The van der Waals surface area contributed by atoms with Gasteiger partial charge in [-0.2, -0.15) is 0 Å². The lowest BCUT2D eigenvalue weighted by molar-refractivity contribution is -0.123. The van der Waals surface area contributed by atoms with Crippen LogP contribution in [0.1, 0.15) is 23.6 Å². The maximum atomic E-state index is 13.6. The van der Waals surface area contributed by atoms with E-state index in [9.17, 15) is 18.4 Å². The van der Waals surface area contributed by atoms with Crippen LogP contribution in [0.4, 0.5) is 14.5 Å². The van der Waals surface area contributed by atoms with Crippen molar-refractivity contribution < 1.29 is 18.4 Å². The van der Waals surface area contributed by atoms with Crippen molar-refractivity contribution in [1.82, 2.24) is 9.80 Å². The molecule has 5 rings (SSSR count). The third-order valence-electron chi connectivity index (χ3n) is 6.73. The van der Waals surface area contributed by atoms with Crippen molar-refractivity contribution in [1.29, 1.82) is 0 Å². The molecule has 2 amide bonds. The largest absolute Gasteiger partial charge is 0.290 e. The van der Waals surface area contributed by atoms with Crippen LogP contribution < -0.4 is 4.90 Å². The van der Waals surface area contributed by atoms with Gasteiger partial charge in [-0.25, -0.2) is 13.7 Å². The highest BCUT2D eigenvalue weighted by Gasteiger charge is 2.43. The summed E-state index contributed by atoms with van der Waals surface area (Å²) in [6.45, 7) is 2.54. The van der Waals surface area contributed by atoms with Gasteiger partial charge in [0, 0.05) is 29.7 Å². The second-order valence-corrected chi connectivity index (χ2v) is 10.1. The zero-order valence-electron chi connectivity index (χ0n) is 18.9. The van der Waals surface area contributed by atoms with Crippen LogP contribution in [0.3, 0.4) is 0 Å². The predicted molar refractivity (Wildman–Crippen MR) is 138 cm³/mol. The van der Waals surface area contributed by atoms with Gasteiger partial charge >= 0.3 is 0 Å². The molecule has 1 atom stereocenters. The minimum atomic E-state index is -0.473. The number of piperazine rings is 1. The molecule has 0 N–H and O–H groups in total. The lowest BCUT2D eigenvalue weighted by Crippen LogP contribution is -2.53. The molecule has 2 aliphatic rings. The molecule has 35 heavy (non-hydrogen) atoms. The van der Waals surface area contributed by atoms with Gasteiger partial charge in [-0.3, -0.25) is 19.4 Å². The molecule has 2 saturated heterocycles. The second-order valence-electron chi connectivity index (χ2n) is 8.84. The van der Waals surface area contributed by atoms with E-state index < -0.39 is 6.04 Å². The summed E-state index contributed by atoms with van der Waals surface area (Å²) in [5.74, 6) is -0.977. The molecular formula is C27H24F2IN3O2. The van der Waals surface area contributed by atoms with Gasteiger partial charge in [0.1, 0.15) is 11.6 Å². The highest BCUT2D eigenvalue weighted by molar-refractivity contribution is 14.1. The summed E-state index contributed by atoms with van der Waals surface area (Å²) in [6.07, 6.45) is 0.171. The van der Waals surface area contributed by atoms with Crippen LogP contribution in [-0.4, -0.2) is 53.8 Å². The Labute approximate surface area is 216 Å². The highest BCUT2D eigenvalue weighted by atomic mass is 127. The number of carbonyl (C=O) groups excluding carboxylic acids is 2. The molecule has 3 aromatic rings. The zero-order chi connectivity index (χ0) is 24.5. The smallest absolute Gasteiger partial charge is 0.251 e. The number of rotatable bonds is 5. The lowest BCUT2D eigenvalue weighted by Gasteiger charge is -2.41. The molecule has 5 nitrogen and oxygen atoms in total. The molecule has 0 spiro atoms. The van der Waals surface area contributed by atoms with Crippen LogP contribution >= 0.6 is 22.6 Å². The van der Waals surface area contributed by atoms with Gasteiger partial charge in [-0.15, -0.1) is 0 Å². The Morgan fingerprint density at radius 1 is 0.743 bits per heavy atom. The van der Waals surface area contributed by atoms with Gasteiger partial charge in [-0.1, -0.05) is 24.3 Å². The lowest BCUT2D eigenvalue weighted by atomic mass is 9.96. The number of carbonyl (C=O) groups is 2. The molecule has 1 unspecified atom stereocenters. The summed E-state index contributed by atoms with van der Waals surface area (Å²) >= 11 is 2.19. The molecule has 2 heterocycles. The molecule has 2 aliphatic heterocycles. The van der Waals surface area contributed by atoms with Crippen LogP contribution in [0.2, 0.25) is 0 Å². The topological polar surface area (TPSA) is 43.9 Å². The van der Waals surface area contributed by atoms with E-state index in [0.29, 0.717) is 31.9 Å². The van der Waals surface area contributed by atoms with E-state index in [-0.39, 0.29) is 35.9 Å². The Kier molecular flexibility index (Phi) is 6.95.